The number of aromatic nitrogens is 1. The average Bonchev–Trinajstić information content (AvgIpc) is 3.18. The minimum atomic E-state index is 0.475. The van der Waals surface area contributed by atoms with Crippen molar-refractivity contribution in [1.82, 2.24) is 4.98 Å². The SMILES string of the molecule is COc1ccc(-c2nc(-c3ccccc3)c(/N=C(\N)c3ccccc3)s2)cc1. The molecule has 4 rings (SSSR count). The number of amidine groups is 1. The maximum absolute atomic E-state index is 6.27. The first-order chi connectivity index (χ1) is 13.7. The highest BCUT2D eigenvalue weighted by atomic mass is 32.1. The maximum Gasteiger partial charge on any atom is 0.146 e. The quantitative estimate of drug-likeness (QED) is 0.363. The van der Waals surface area contributed by atoms with Crippen LogP contribution in [0.4, 0.5) is 5.00 Å². The van der Waals surface area contributed by atoms with Crippen molar-refractivity contribution in [1.29, 1.82) is 0 Å². The number of nitrogens with zero attached hydrogens (tertiary/aromatic N) is 2. The second kappa shape index (κ2) is 8.06. The van der Waals surface area contributed by atoms with Crippen molar-refractivity contribution < 1.29 is 4.74 Å². The van der Waals surface area contributed by atoms with Crippen molar-refractivity contribution in [3.63, 3.8) is 0 Å². The summed E-state index contributed by atoms with van der Waals surface area (Å²) in [5, 5.41) is 1.68. The van der Waals surface area contributed by atoms with Gasteiger partial charge in [0.25, 0.3) is 0 Å². The minimum absolute atomic E-state index is 0.475. The molecule has 0 radical (unpaired) electrons. The van der Waals surface area contributed by atoms with Crippen molar-refractivity contribution in [2.75, 3.05) is 7.11 Å². The molecule has 0 saturated carbocycles. The molecule has 0 aliphatic heterocycles. The van der Waals surface area contributed by atoms with Gasteiger partial charge in [-0.2, -0.15) is 0 Å². The summed E-state index contributed by atoms with van der Waals surface area (Å²) in [5.74, 6) is 1.29. The van der Waals surface area contributed by atoms with E-state index in [0.29, 0.717) is 5.84 Å². The fraction of sp³-hybridized carbons (Fsp3) is 0.0435. The Hall–Kier alpha value is -3.44. The Morgan fingerprint density at radius 1 is 0.857 bits per heavy atom. The second-order valence-electron chi connectivity index (χ2n) is 6.13. The van der Waals surface area contributed by atoms with Crippen LogP contribution in [0.15, 0.2) is 89.9 Å². The van der Waals surface area contributed by atoms with Gasteiger partial charge in [-0.15, -0.1) is 0 Å². The second-order valence-corrected chi connectivity index (χ2v) is 7.11. The lowest BCUT2D eigenvalue weighted by Gasteiger charge is -2.01. The Kier molecular flexibility index (Phi) is 5.17. The Morgan fingerprint density at radius 2 is 1.50 bits per heavy atom. The molecule has 4 aromatic rings. The highest BCUT2D eigenvalue weighted by Gasteiger charge is 2.15. The standard InChI is InChI=1S/C23H19N3OS/c1-27-19-14-12-18(13-15-19)22-25-20(16-8-4-2-5-9-16)23(28-22)26-21(24)17-10-6-3-7-11-17/h2-15H,1H3,(H2,24,26). The first kappa shape index (κ1) is 17.9. The van der Waals surface area contributed by atoms with Crippen LogP contribution >= 0.6 is 11.3 Å². The summed E-state index contributed by atoms with van der Waals surface area (Å²) in [5.41, 5.74) is 10.0. The minimum Gasteiger partial charge on any atom is -0.497 e. The third kappa shape index (κ3) is 3.80. The van der Waals surface area contributed by atoms with E-state index in [9.17, 15) is 0 Å². The summed E-state index contributed by atoms with van der Waals surface area (Å²) < 4.78 is 5.25. The number of hydrogen-bond donors (Lipinski definition) is 1. The number of rotatable bonds is 5. The summed E-state index contributed by atoms with van der Waals surface area (Å²) >= 11 is 1.52. The lowest BCUT2D eigenvalue weighted by molar-refractivity contribution is 0.415. The maximum atomic E-state index is 6.27. The number of aliphatic imine (C=N–C) groups is 1. The highest BCUT2D eigenvalue weighted by molar-refractivity contribution is 7.19. The zero-order chi connectivity index (χ0) is 19.3. The van der Waals surface area contributed by atoms with E-state index in [2.05, 4.69) is 0 Å². The topological polar surface area (TPSA) is 60.5 Å². The van der Waals surface area contributed by atoms with Gasteiger partial charge in [0.15, 0.2) is 0 Å². The summed E-state index contributed by atoms with van der Waals surface area (Å²) in [6.07, 6.45) is 0. The van der Waals surface area contributed by atoms with Crippen molar-refractivity contribution in [2.45, 2.75) is 0 Å². The largest absolute Gasteiger partial charge is 0.497 e. The molecule has 0 atom stereocenters. The molecule has 0 amide bonds. The molecule has 28 heavy (non-hydrogen) atoms. The molecule has 0 fully saturated rings. The summed E-state index contributed by atoms with van der Waals surface area (Å²) in [6.45, 7) is 0. The van der Waals surface area contributed by atoms with Gasteiger partial charge in [0.2, 0.25) is 0 Å². The highest BCUT2D eigenvalue weighted by Crippen LogP contribution is 2.40. The smallest absolute Gasteiger partial charge is 0.146 e. The molecule has 3 aromatic carbocycles. The molecule has 4 nitrogen and oxygen atoms in total. The van der Waals surface area contributed by atoms with Crippen LogP contribution in [0.5, 0.6) is 5.75 Å². The summed E-state index contributed by atoms with van der Waals surface area (Å²) in [4.78, 5) is 9.58. The third-order valence-electron chi connectivity index (χ3n) is 4.29. The van der Waals surface area contributed by atoms with E-state index in [0.717, 1.165) is 38.1 Å². The van der Waals surface area contributed by atoms with E-state index in [1.807, 2.05) is 84.9 Å². The van der Waals surface area contributed by atoms with Gasteiger partial charge in [-0.1, -0.05) is 72.0 Å². The van der Waals surface area contributed by atoms with Crippen LogP contribution in [-0.4, -0.2) is 17.9 Å². The van der Waals surface area contributed by atoms with Gasteiger partial charge in [0, 0.05) is 16.7 Å². The zero-order valence-corrected chi connectivity index (χ0v) is 16.2. The number of thiazole rings is 1. The predicted octanol–water partition coefficient (Wildman–Crippen LogP) is 5.52. The Balaban J connectivity index is 1.80. The van der Waals surface area contributed by atoms with Gasteiger partial charge < -0.3 is 10.5 Å². The van der Waals surface area contributed by atoms with Crippen LogP contribution in [0.2, 0.25) is 0 Å². The molecule has 0 bridgehead atoms. The molecule has 0 aliphatic carbocycles. The van der Waals surface area contributed by atoms with E-state index < -0.39 is 0 Å². The van der Waals surface area contributed by atoms with Crippen LogP contribution in [0, 0.1) is 0 Å². The molecule has 0 saturated heterocycles. The van der Waals surface area contributed by atoms with E-state index >= 15 is 0 Å². The predicted molar refractivity (Wildman–Crippen MR) is 116 cm³/mol. The average molecular weight is 385 g/mol. The van der Waals surface area contributed by atoms with Gasteiger partial charge >= 0.3 is 0 Å². The molecule has 2 N–H and O–H groups in total. The Bertz CT molecular complexity index is 1090. The first-order valence-corrected chi connectivity index (χ1v) is 9.66. The Labute approximate surface area is 168 Å². The number of benzene rings is 3. The lowest BCUT2D eigenvalue weighted by Crippen LogP contribution is -2.12. The summed E-state index contributed by atoms with van der Waals surface area (Å²) in [6, 6.07) is 27.7. The van der Waals surface area contributed by atoms with Crippen LogP contribution < -0.4 is 10.5 Å². The van der Waals surface area contributed by atoms with Gasteiger partial charge in [-0.25, -0.2) is 9.98 Å². The number of ether oxygens (including phenoxy) is 1. The number of hydrogen-bond acceptors (Lipinski definition) is 4. The Morgan fingerprint density at radius 3 is 2.14 bits per heavy atom. The monoisotopic (exact) mass is 385 g/mol. The van der Waals surface area contributed by atoms with Crippen LogP contribution in [0.25, 0.3) is 21.8 Å². The van der Waals surface area contributed by atoms with Crippen molar-refractivity contribution in [2.24, 2.45) is 10.7 Å². The molecule has 0 unspecified atom stereocenters. The fourth-order valence-electron chi connectivity index (χ4n) is 2.81. The molecule has 0 aliphatic rings. The lowest BCUT2D eigenvalue weighted by atomic mass is 10.1. The molecular weight excluding hydrogens is 366 g/mol. The molecule has 1 heterocycles. The van der Waals surface area contributed by atoms with Crippen LogP contribution in [0.3, 0.4) is 0 Å². The normalized spacial score (nSPS) is 11.4. The third-order valence-corrected chi connectivity index (χ3v) is 5.28. The van der Waals surface area contributed by atoms with Crippen LogP contribution in [-0.2, 0) is 0 Å². The number of nitrogens with two attached hydrogens (primary N) is 1. The molecule has 0 spiro atoms. The van der Waals surface area contributed by atoms with Gasteiger partial charge in [-0.3, -0.25) is 0 Å². The zero-order valence-electron chi connectivity index (χ0n) is 15.4. The van der Waals surface area contributed by atoms with E-state index in [1.165, 1.54) is 11.3 Å². The van der Waals surface area contributed by atoms with Gasteiger partial charge in [0.1, 0.15) is 27.3 Å². The van der Waals surface area contributed by atoms with Crippen molar-refractivity contribution in [3.8, 4) is 27.6 Å². The van der Waals surface area contributed by atoms with Crippen molar-refractivity contribution >= 4 is 22.2 Å². The molecule has 1 aromatic heterocycles. The number of methoxy groups -OCH3 is 1. The van der Waals surface area contributed by atoms with E-state index in [-0.39, 0.29) is 0 Å². The van der Waals surface area contributed by atoms with E-state index in [1.54, 1.807) is 7.11 Å². The molecule has 138 valence electrons. The molecular formula is C23H19N3OS. The first-order valence-electron chi connectivity index (χ1n) is 8.85. The van der Waals surface area contributed by atoms with Gasteiger partial charge in [0.05, 0.1) is 7.11 Å². The van der Waals surface area contributed by atoms with Crippen molar-refractivity contribution in [3.05, 3.63) is 90.5 Å². The van der Waals surface area contributed by atoms with E-state index in [4.69, 9.17) is 20.4 Å². The van der Waals surface area contributed by atoms with Gasteiger partial charge in [-0.05, 0) is 24.3 Å². The van der Waals surface area contributed by atoms with Crippen LogP contribution in [0.1, 0.15) is 5.56 Å². The fourth-order valence-corrected chi connectivity index (χ4v) is 3.79. The molecule has 5 heteroatoms. The summed E-state index contributed by atoms with van der Waals surface area (Å²) in [7, 11) is 1.66.